The van der Waals surface area contributed by atoms with Gasteiger partial charge < -0.3 is 21.1 Å². The number of hydrogen-bond donors (Lipinski definition) is 3. The van der Waals surface area contributed by atoms with Crippen molar-refractivity contribution < 1.29 is 14.7 Å². The summed E-state index contributed by atoms with van der Waals surface area (Å²) in [6.07, 6.45) is 1.07. The Morgan fingerprint density at radius 3 is 2.53 bits per heavy atom. The summed E-state index contributed by atoms with van der Waals surface area (Å²) in [6, 6.07) is -1.15. The number of hydrogen-bond acceptors (Lipinski definition) is 3. The minimum atomic E-state index is -0.992. The van der Waals surface area contributed by atoms with E-state index in [0.29, 0.717) is 25.9 Å². The van der Waals surface area contributed by atoms with Gasteiger partial charge in [0.1, 0.15) is 6.04 Å². The molecule has 0 fully saturated rings. The maximum atomic E-state index is 11.4. The summed E-state index contributed by atoms with van der Waals surface area (Å²) < 4.78 is 0. The number of carboxylic acids is 1. The van der Waals surface area contributed by atoms with Gasteiger partial charge in [0.2, 0.25) is 0 Å². The van der Waals surface area contributed by atoms with Crippen LogP contribution in [0.25, 0.3) is 0 Å². The van der Waals surface area contributed by atoms with Crippen LogP contribution in [0.4, 0.5) is 4.79 Å². The first-order valence-corrected chi connectivity index (χ1v) is 4.98. The summed E-state index contributed by atoms with van der Waals surface area (Å²) in [5.41, 5.74) is 5.27. The first-order chi connectivity index (χ1) is 7.04. The lowest BCUT2D eigenvalue weighted by Crippen LogP contribution is -2.47. The number of nitrogens with two attached hydrogens (primary N) is 1. The molecule has 0 saturated heterocycles. The van der Waals surface area contributed by atoms with Crippen LogP contribution in [-0.2, 0) is 4.79 Å². The van der Waals surface area contributed by atoms with Crippen LogP contribution in [-0.4, -0.2) is 48.2 Å². The summed E-state index contributed by atoms with van der Waals surface area (Å²) in [6.45, 7) is 2.69. The number of amides is 2. The van der Waals surface area contributed by atoms with Crippen molar-refractivity contribution in [1.29, 1.82) is 0 Å². The minimum absolute atomic E-state index is 0.377. The lowest BCUT2D eigenvalue weighted by molar-refractivity contribution is -0.141. The van der Waals surface area contributed by atoms with Crippen LogP contribution in [0, 0.1) is 0 Å². The summed E-state index contributed by atoms with van der Waals surface area (Å²) in [4.78, 5) is 23.4. The quantitative estimate of drug-likeness (QED) is 0.539. The maximum absolute atomic E-state index is 11.4. The van der Waals surface area contributed by atoms with E-state index >= 15 is 0 Å². The number of carbonyl (C=O) groups excluding carboxylic acids is 1. The summed E-state index contributed by atoms with van der Waals surface area (Å²) in [5.74, 6) is -0.992. The van der Waals surface area contributed by atoms with E-state index in [1.54, 1.807) is 6.92 Å². The molecular weight excluding hydrogens is 198 g/mol. The molecule has 1 unspecified atom stereocenters. The van der Waals surface area contributed by atoms with Crippen LogP contribution in [0.1, 0.15) is 19.8 Å². The van der Waals surface area contributed by atoms with Crippen molar-refractivity contribution in [1.82, 2.24) is 10.2 Å². The van der Waals surface area contributed by atoms with Crippen LogP contribution >= 0.6 is 0 Å². The molecule has 0 bridgehead atoms. The summed E-state index contributed by atoms with van der Waals surface area (Å²) in [7, 11) is 1.47. The molecule has 1 atom stereocenters. The van der Waals surface area contributed by atoms with E-state index in [9.17, 15) is 9.59 Å². The van der Waals surface area contributed by atoms with E-state index < -0.39 is 12.0 Å². The van der Waals surface area contributed by atoms with Gasteiger partial charge in [0.25, 0.3) is 0 Å². The number of rotatable bonds is 6. The van der Waals surface area contributed by atoms with Gasteiger partial charge in [0, 0.05) is 13.6 Å². The van der Waals surface area contributed by atoms with Crippen LogP contribution in [0.15, 0.2) is 0 Å². The Labute approximate surface area is 89.4 Å². The van der Waals surface area contributed by atoms with Crippen LogP contribution in [0.3, 0.4) is 0 Å². The monoisotopic (exact) mass is 217 g/mol. The molecule has 2 amide bonds. The highest BCUT2D eigenvalue weighted by Crippen LogP contribution is 2.01. The summed E-state index contributed by atoms with van der Waals surface area (Å²) >= 11 is 0. The lowest BCUT2D eigenvalue weighted by Gasteiger charge is -2.23. The molecule has 0 rings (SSSR count). The van der Waals surface area contributed by atoms with Crippen LogP contribution in [0.2, 0.25) is 0 Å². The number of likely N-dealkylation sites (N-methyl/N-ethyl adjacent to an activating group) is 1. The van der Waals surface area contributed by atoms with Crippen LogP contribution < -0.4 is 11.1 Å². The molecule has 0 aromatic rings. The van der Waals surface area contributed by atoms with Gasteiger partial charge in [-0.05, 0) is 19.4 Å². The van der Waals surface area contributed by atoms with Gasteiger partial charge in [-0.2, -0.15) is 0 Å². The Kier molecular flexibility index (Phi) is 6.44. The fourth-order valence-electron chi connectivity index (χ4n) is 1.18. The molecule has 88 valence electrons. The molecule has 6 heteroatoms. The van der Waals surface area contributed by atoms with Crippen molar-refractivity contribution in [3.05, 3.63) is 0 Å². The fraction of sp³-hybridized carbons (Fsp3) is 0.778. The van der Waals surface area contributed by atoms with E-state index in [1.807, 2.05) is 0 Å². The first kappa shape index (κ1) is 13.7. The Hall–Kier alpha value is -1.30. The normalized spacial score (nSPS) is 11.9. The molecule has 0 aliphatic rings. The van der Waals surface area contributed by atoms with Gasteiger partial charge in [-0.1, -0.05) is 6.92 Å². The number of nitrogens with one attached hydrogen (secondary N) is 1. The zero-order valence-corrected chi connectivity index (χ0v) is 9.19. The number of aliphatic carboxylic acids is 1. The zero-order chi connectivity index (χ0) is 11.8. The van der Waals surface area contributed by atoms with Crippen molar-refractivity contribution in [2.75, 3.05) is 20.1 Å². The smallest absolute Gasteiger partial charge is 0.326 e. The third-order valence-electron chi connectivity index (χ3n) is 2.12. The predicted molar refractivity (Wildman–Crippen MR) is 56.5 cm³/mol. The predicted octanol–water partition coefficient (Wildman–Crippen LogP) is -0.160. The van der Waals surface area contributed by atoms with E-state index in [2.05, 4.69) is 5.32 Å². The molecule has 0 aliphatic carbocycles. The number of nitrogens with zero attached hydrogens (tertiary/aromatic N) is 1. The van der Waals surface area contributed by atoms with Crippen molar-refractivity contribution in [3.63, 3.8) is 0 Å². The third-order valence-corrected chi connectivity index (χ3v) is 2.12. The molecule has 0 heterocycles. The molecule has 0 aromatic heterocycles. The average molecular weight is 217 g/mol. The van der Waals surface area contributed by atoms with Gasteiger partial charge >= 0.3 is 12.0 Å². The van der Waals surface area contributed by atoms with Crippen molar-refractivity contribution in [2.45, 2.75) is 25.8 Å². The number of carboxylic acid groups (broad SMARTS) is 1. The second kappa shape index (κ2) is 7.05. The second-order valence-corrected chi connectivity index (χ2v) is 3.25. The molecule has 0 radical (unpaired) electrons. The standard InChI is InChI=1S/C9H19N3O3/c1-3-7(8(13)14)12(2)9(15)11-6-4-5-10/h7H,3-6,10H2,1-2H3,(H,11,15)(H,13,14). The molecule has 6 nitrogen and oxygen atoms in total. The second-order valence-electron chi connectivity index (χ2n) is 3.25. The van der Waals surface area contributed by atoms with E-state index in [1.165, 1.54) is 11.9 Å². The van der Waals surface area contributed by atoms with E-state index in [0.717, 1.165) is 0 Å². The number of urea groups is 1. The highest BCUT2D eigenvalue weighted by molar-refractivity contribution is 5.82. The molecule has 4 N–H and O–H groups in total. The zero-order valence-electron chi connectivity index (χ0n) is 9.19. The van der Waals surface area contributed by atoms with Gasteiger partial charge in [-0.15, -0.1) is 0 Å². The Morgan fingerprint density at radius 2 is 2.13 bits per heavy atom. The first-order valence-electron chi connectivity index (χ1n) is 4.98. The largest absolute Gasteiger partial charge is 0.480 e. The minimum Gasteiger partial charge on any atom is -0.480 e. The van der Waals surface area contributed by atoms with Gasteiger partial charge in [-0.3, -0.25) is 0 Å². The molecule has 0 aromatic carbocycles. The topological polar surface area (TPSA) is 95.7 Å². The van der Waals surface area contributed by atoms with Crippen molar-refractivity contribution in [2.24, 2.45) is 5.73 Å². The fourth-order valence-corrected chi connectivity index (χ4v) is 1.18. The third kappa shape index (κ3) is 4.64. The summed E-state index contributed by atoms with van der Waals surface area (Å²) in [5, 5.41) is 11.4. The van der Waals surface area contributed by atoms with Crippen LogP contribution in [0.5, 0.6) is 0 Å². The van der Waals surface area contributed by atoms with Crippen molar-refractivity contribution in [3.8, 4) is 0 Å². The maximum Gasteiger partial charge on any atom is 0.326 e. The molecule has 0 aliphatic heterocycles. The molecule has 15 heavy (non-hydrogen) atoms. The van der Waals surface area contributed by atoms with E-state index in [-0.39, 0.29) is 6.03 Å². The SMILES string of the molecule is CCC(C(=O)O)N(C)C(=O)NCCCN. The van der Waals surface area contributed by atoms with Crippen molar-refractivity contribution >= 4 is 12.0 Å². The highest BCUT2D eigenvalue weighted by atomic mass is 16.4. The van der Waals surface area contributed by atoms with Gasteiger partial charge in [-0.25, -0.2) is 9.59 Å². The highest BCUT2D eigenvalue weighted by Gasteiger charge is 2.23. The Morgan fingerprint density at radius 1 is 1.53 bits per heavy atom. The Bertz CT molecular complexity index is 221. The molecule has 0 saturated carbocycles. The van der Waals surface area contributed by atoms with E-state index in [4.69, 9.17) is 10.8 Å². The lowest BCUT2D eigenvalue weighted by atomic mass is 10.2. The van der Waals surface area contributed by atoms with Gasteiger partial charge in [0.15, 0.2) is 0 Å². The number of carbonyl (C=O) groups is 2. The van der Waals surface area contributed by atoms with Gasteiger partial charge in [0.05, 0.1) is 0 Å². The Balaban J connectivity index is 4.10. The average Bonchev–Trinajstić information content (AvgIpc) is 2.18. The molecular formula is C9H19N3O3. The molecule has 0 spiro atoms.